The van der Waals surface area contributed by atoms with E-state index in [9.17, 15) is 18.8 Å². The van der Waals surface area contributed by atoms with Gasteiger partial charge in [-0.1, -0.05) is 11.6 Å². The van der Waals surface area contributed by atoms with Crippen LogP contribution >= 0.6 is 11.6 Å². The van der Waals surface area contributed by atoms with Gasteiger partial charge in [0.2, 0.25) is 5.91 Å². The number of furan rings is 1. The fraction of sp³-hybridized carbons (Fsp3) is 0.211. The molecular formula is C19H19ClFN3O6. The highest BCUT2D eigenvalue weighted by Gasteiger charge is 2.25. The van der Waals surface area contributed by atoms with Gasteiger partial charge in [-0.05, 0) is 35.9 Å². The van der Waals surface area contributed by atoms with E-state index in [1.807, 2.05) is 0 Å². The van der Waals surface area contributed by atoms with Gasteiger partial charge >= 0.3 is 5.97 Å². The summed E-state index contributed by atoms with van der Waals surface area (Å²) in [5, 5.41) is 22.5. The molecule has 30 heavy (non-hydrogen) atoms. The summed E-state index contributed by atoms with van der Waals surface area (Å²) in [6.07, 6.45) is 2.18. The summed E-state index contributed by atoms with van der Waals surface area (Å²) >= 11 is 5.98. The second kappa shape index (κ2) is 10.5. The van der Waals surface area contributed by atoms with Crippen LogP contribution in [0.2, 0.25) is 5.02 Å². The number of hydrogen-bond donors (Lipinski definition) is 5. The minimum Gasteiger partial charge on any atom is -0.480 e. The summed E-state index contributed by atoms with van der Waals surface area (Å²) in [4.78, 5) is 35.2. The van der Waals surface area contributed by atoms with Gasteiger partial charge < -0.3 is 31.0 Å². The van der Waals surface area contributed by atoms with E-state index < -0.39 is 47.9 Å². The number of halogens is 2. The molecule has 2 aromatic rings. The molecule has 0 bridgehead atoms. The number of nitrogens with one attached hydrogen (secondary N) is 2. The third-order valence-corrected chi connectivity index (χ3v) is 4.12. The number of hydrogen-bond acceptors (Lipinski definition) is 6. The van der Waals surface area contributed by atoms with Crippen LogP contribution in [-0.4, -0.2) is 40.3 Å². The summed E-state index contributed by atoms with van der Waals surface area (Å²) in [6, 6.07) is 4.05. The Morgan fingerprint density at radius 1 is 1.33 bits per heavy atom. The highest BCUT2D eigenvalue weighted by Crippen LogP contribution is 2.22. The van der Waals surface area contributed by atoms with Crippen molar-refractivity contribution in [3.05, 3.63) is 64.3 Å². The largest absolute Gasteiger partial charge is 0.480 e. The first-order valence-corrected chi connectivity index (χ1v) is 8.99. The molecule has 2 rings (SSSR count). The summed E-state index contributed by atoms with van der Waals surface area (Å²) in [5.41, 5.74) is 4.84. The number of carbonyl (C=O) groups excluding carboxylic acids is 2. The van der Waals surface area contributed by atoms with Crippen molar-refractivity contribution in [2.75, 3.05) is 0 Å². The predicted octanol–water partition coefficient (Wildman–Crippen LogP) is 1.25. The molecule has 0 radical (unpaired) electrons. The molecule has 2 unspecified atom stereocenters. The summed E-state index contributed by atoms with van der Waals surface area (Å²) < 4.78 is 19.5. The van der Waals surface area contributed by atoms with Crippen LogP contribution in [-0.2, 0) is 16.1 Å². The lowest BCUT2D eigenvalue weighted by Gasteiger charge is -2.17. The topological polar surface area (TPSA) is 155 Å². The average Bonchev–Trinajstić information content (AvgIpc) is 3.16. The van der Waals surface area contributed by atoms with E-state index in [2.05, 4.69) is 10.6 Å². The quantitative estimate of drug-likeness (QED) is 0.291. The third-order valence-electron chi connectivity index (χ3n) is 3.82. The van der Waals surface area contributed by atoms with E-state index in [4.69, 9.17) is 32.0 Å². The molecule has 2 amide bonds. The van der Waals surface area contributed by atoms with Gasteiger partial charge in [0.15, 0.2) is 0 Å². The second-order valence-corrected chi connectivity index (χ2v) is 6.58. The maximum absolute atomic E-state index is 14.4. The molecule has 1 aromatic carbocycles. The standard InChI is InChI=1S/C19H19ClFN3O6/c20-12-6-10(9-23-16(26)4-3-11-2-1-5-30-11)7-13(21)17(12)18(27)24-14(19(28)29)8-15(22)25/h1-7,14-15,25H,8-9,22H2,(H,23,26)(H,24,27)(H,28,29)/b4-3+. The molecule has 0 aliphatic rings. The molecule has 0 aliphatic carbocycles. The van der Waals surface area contributed by atoms with Gasteiger partial charge in [-0.25, -0.2) is 9.18 Å². The van der Waals surface area contributed by atoms with Crippen LogP contribution in [0.25, 0.3) is 6.08 Å². The molecule has 0 aliphatic heterocycles. The highest BCUT2D eigenvalue weighted by atomic mass is 35.5. The molecule has 0 saturated carbocycles. The zero-order chi connectivity index (χ0) is 22.3. The SMILES string of the molecule is NC(O)CC(NC(=O)c1c(F)cc(CNC(=O)/C=C/c2ccco2)cc1Cl)C(=O)O. The maximum atomic E-state index is 14.4. The summed E-state index contributed by atoms with van der Waals surface area (Å²) in [7, 11) is 0. The van der Waals surface area contributed by atoms with E-state index in [-0.39, 0.29) is 17.1 Å². The number of aliphatic carboxylic acids is 1. The van der Waals surface area contributed by atoms with Crippen LogP contribution < -0.4 is 16.4 Å². The minimum atomic E-state index is -1.53. The first-order chi connectivity index (χ1) is 14.2. The highest BCUT2D eigenvalue weighted by molar-refractivity contribution is 6.34. The molecule has 0 saturated heterocycles. The van der Waals surface area contributed by atoms with Gasteiger partial charge in [-0.3, -0.25) is 9.59 Å². The van der Waals surface area contributed by atoms with Crippen LogP contribution in [0, 0.1) is 5.82 Å². The monoisotopic (exact) mass is 439 g/mol. The Bertz CT molecular complexity index is 923. The molecule has 2 atom stereocenters. The van der Waals surface area contributed by atoms with Crippen molar-refractivity contribution in [1.29, 1.82) is 0 Å². The third kappa shape index (κ3) is 6.69. The lowest BCUT2D eigenvalue weighted by atomic mass is 10.1. The van der Waals surface area contributed by atoms with Crippen LogP contribution in [0.1, 0.15) is 28.1 Å². The van der Waals surface area contributed by atoms with Crippen LogP contribution in [0.5, 0.6) is 0 Å². The number of benzene rings is 1. The smallest absolute Gasteiger partial charge is 0.326 e. The molecule has 9 nitrogen and oxygen atoms in total. The summed E-state index contributed by atoms with van der Waals surface area (Å²) in [5.74, 6) is -3.52. The van der Waals surface area contributed by atoms with Gasteiger partial charge in [-0.2, -0.15) is 0 Å². The van der Waals surface area contributed by atoms with E-state index in [0.717, 1.165) is 6.07 Å². The summed E-state index contributed by atoms with van der Waals surface area (Å²) in [6.45, 7) is -0.0724. The maximum Gasteiger partial charge on any atom is 0.326 e. The van der Waals surface area contributed by atoms with Gasteiger partial charge in [-0.15, -0.1) is 0 Å². The van der Waals surface area contributed by atoms with Crippen molar-refractivity contribution in [1.82, 2.24) is 10.6 Å². The molecule has 11 heteroatoms. The Morgan fingerprint density at radius 2 is 2.07 bits per heavy atom. The fourth-order valence-electron chi connectivity index (χ4n) is 2.43. The minimum absolute atomic E-state index is 0.0724. The number of carbonyl (C=O) groups is 3. The first-order valence-electron chi connectivity index (χ1n) is 8.62. The Morgan fingerprint density at radius 3 is 2.63 bits per heavy atom. The normalized spacial score (nSPS) is 13.1. The number of aliphatic hydroxyl groups excluding tert-OH is 1. The molecule has 1 aromatic heterocycles. The van der Waals surface area contributed by atoms with Crippen molar-refractivity contribution in [2.45, 2.75) is 25.2 Å². The van der Waals surface area contributed by atoms with Crippen molar-refractivity contribution in [2.24, 2.45) is 5.73 Å². The van der Waals surface area contributed by atoms with E-state index in [0.29, 0.717) is 5.76 Å². The Hall–Kier alpha value is -3.21. The number of aliphatic hydroxyl groups is 1. The number of rotatable bonds is 9. The van der Waals surface area contributed by atoms with Crippen molar-refractivity contribution >= 4 is 35.5 Å². The predicted molar refractivity (Wildman–Crippen MR) is 105 cm³/mol. The van der Waals surface area contributed by atoms with Crippen molar-refractivity contribution in [3.8, 4) is 0 Å². The molecule has 6 N–H and O–H groups in total. The van der Waals surface area contributed by atoms with Crippen molar-refractivity contribution in [3.63, 3.8) is 0 Å². The van der Waals surface area contributed by atoms with Gasteiger partial charge in [0.05, 0.1) is 16.8 Å². The Balaban J connectivity index is 2.04. The lowest BCUT2D eigenvalue weighted by Crippen LogP contribution is -2.44. The number of carboxylic acids is 1. The molecular weight excluding hydrogens is 421 g/mol. The molecule has 1 heterocycles. The van der Waals surface area contributed by atoms with Gasteiger partial charge in [0, 0.05) is 19.0 Å². The van der Waals surface area contributed by atoms with E-state index in [1.165, 1.54) is 24.5 Å². The van der Waals surface area contributed by atoms with Crippen LogP contribution in [0.3, 0.4) is 0 Å². The zero-order valence-corrected chi connectivity index (χ0v) is 16.2. The second-order valence-electron chi connectivity index (χ2n) is 6.17. The van der Waals surface area contributed by atoms with E-state index >= 15 is 0 Å². The number of nitrogens with two attached hydrogens (primary N) is 1. The Labute approximate surface area is 175 Å². The number of carboxylic acid groups (broad SMARTS) is 1. The lowest BCUT2D eigenvalue weighted by molar-refractivity contribution is -0.140. The average molecular weight is 440 g/mol. The first kappa shape index (κ1) is 23.1. The molecule has 160 valence electrons. The van der Waals surface area contributed by atoms with Crippen LogP contribution in [0.15, 0.2) is 41.0 Å². The molecule has 0 spiro atoms. The van der Waals surface area contributed by atoms with Crippen molar-refractivity contribution < 1.29 is 33.4 Å². The number of amides is 2. The van der Waals surface area contributed by atoms with Gasteiger partial charge in [0.25, 0.3) is 5.91 Å². The fourth-order valence-corrected chi connectivity index (χ4v) is 2.75. The molecule has 0 fully saturated rings. The zero-order valence-electron chi connectivity index (χ0n) is 15.5. The van der Waals surface area contributed by atoms with E-state index in [1.54, 1.807) is 12.1 Å². The van der Waals surface area contributed by atoms with Gasteiger partial charge in [0.1, 0.15) is 23.8 Å². The van der Waals surface area contributed by atoms with Crippen LogP contribution in [0.4, 0.5) is 4.39 Å². The Kier molecular flexibility index (Phi) is 8.10.